The van der Waals surface area contributed by atoms with E-state index in [1.807, 2.05) is 6.92 Å². The van der Waals surface area contributed by atoms with E-state index in [2.05, 4.69) is 5.32 Å². The minimum absolute atomic E-state index is 0.170. The second kappa shape index (κ2) is 6.83. The van der Waals surface area contributed by atoms with Crippen LogP contribution in [0.15, 0.2) is 18.2 Å². The number of nitrogens with one attached hydrogen (secondary N) is 1. The molecule has 0 aliphatic heterocycles. The molecule has 20 heavy (non-hydrogen) atoms. The SMILES string of the molecule is CCC[C@H](C)C(=O)Nc1ccc(F)cc1CS(C)(=O)=O. The Balaban J connectivity index is 2.97. The first kappa shape index (κ1) is 16.6. The minimum Gasteiger partial charge on any atom is -0.326 e. The monoisotopic (exact) mass is 301 g/mol. The molecule has 0 fully saturated rings. The van der Waals surface area contributed by atoms with Gasteiger partial charge in [-0.15, -0.1) is 0 Å². The normalized spacial score (nSPS) is 13.0. The highest BCUT2D eigenvalue weighted by Gasteiger charge is 2.16. The molecule has 1 aromatic carbocycles. The van der Waals surface area contributed by atoms with Crippen LogP contribution in [0, 0.1) is 11.7 Å². The maximum absolute atomic E-state index is 13.2. The lowest BCUT2D eigenvalue weighted by Crippen LogP contribution is -2.21. The Morgan fingerprint density at radius 2 is 2.05 bits per heavy atom. The molecule has 0 unspecified atom stereocenters. The number of hydrogen-bond donors (Lipinski definition) is 1. The van der Waals surface area contributed by atoms with Gasteiger partial charge in [-0.3, -0.25) is 4.79 Å². The van der Waals surface area contributed by atoms with Crippen molar-refractivity contribution in [1.29, 1.82) is 0 Å². The maximum atomic E-state index is 13.2. The van der Waals surface area contributed by atoms with Crippen LogP contribution < -0.4 is 5.32 Å². The van der Waals surface area contributed by atoms with Crippen molar-refractivity contribution in [3.63, 3.8) is 0 Å². The summed E-state index contributed by atoms with van der Waals surface area (Å²) >= 11 is 0. The van der Waals surface area contributed by atoms with E-state index in [-0.39, 0.29) is 23.1 Å². The number of anilines is 1. The van der Waals surface area contributed by atoms with Crippen molar-refractivity contribution in [3.8, 4) is 0 Å². The fourth-order valence-corrected chi connectivity index (χ4v) is 2.71. The van der Waals surface area contributed by atoms with Crippen LogP contribution in [0.25, 0.3) is 0 Å². The molecule has 4 nitrogen and oxygen atoms in total. The smallest absolute Gasteiger partial charge is 0.227 e. The highest BCUT2D eigenvalue weighted by atomic mass is 32.2. The highest BCUT2D eigenvalue weighted by molar-refractivity contribution is 7.89. The highest BCUT2D eigenvalue weighted by Crippen LogP contribution is 2.21. The second-order valence-electron chi connectivity index (χ2n) is 5.05. The Kier molecular flexibility index (Phi) is 5.68. The van der Waals surface area contributed by atoms with E-state index < -0.39 is 15.7 Å². The van der Waals surface area contributed by atoms with Gasteiger partial charge < -0.3 is 5.32 Å². The molecule has 0 aliphatic carbocycles. The fourth-order valence-electron chi connectivity index (χ4n) is 1.91. The van der Waals surface area contributed by atoms with Crippen molar-refractivity contribution in [2.75, 3.05) is 11.6 Å². The van der Waals surface area contributed by atoms with Crippen LogP contribution in [0.4, 0.5) is 10.1 Å². The molecule has 0 heterocycles. The van der Waals surface area contributed by atoms with Crippen LogP contribution in [-0.2, 0) is 20.4 Å². The number of benzene rings is 1. The van der Waals surface area contributed by atoms with Crippen molar-refractivity contribution in [3.05, 3.63) is 29.6 Å². The summed E-state index contributed by atoms with van der Waals surface area (Å²) in [5.41, 5.74) is 0.620. The third-order valence-corrected chi connectivity index (χ3v) is 3.75. The summed E-state index contributed by atoms with van der Waals surface area (Å²) in [6, 6.07) is 3.74. The average molecular weight is 301 g/mol. The third-order valence-electron chi connectivity index (χ3n) is 2.91. The van der Waals surface area contributed by atoms with Gasteiger partial charge in [0.2, 0.25) is 5.91 Å². The number of rotatable bonds is 6. The average Bonchev–Trinajstić information content (AvgIpc) is 2.30. The van der Waals surface area contributed by atoms with Crippen molar-refractivity contribution >= 4 is 21.4 Å². The zero-order valence-corrected chi connectivity index (χ0v) is 12.8. The lowest BCUT2D eigenvalue weighted by Gasteiger charge is -2.14. The predicted molar refractivity (Wildman–Crippen MR) is 77.6 cm³/mol. The second-order valence-corrected chi connectivity index (χ2v) is 7.19. The molecule has 112 valence electrons. The fraction of sp³-hybridized carbons (Fsp3) is 0.500. The van der Waals surface area contributed by atoms with E-state index >= 15 is 0 Å². The molecule has 0 aromatic heterocycles. The summed E-state index contributed by atoms with van der Waals surface area (Å²) in [6.07, 6.45) is 2.70. The molecule has 0 bridgehead atoms. The summed E-state index contributed by atoms with van der Waals surface area (Å²) in [4.78, 5) is 12.0. The van der Waals surface area contributed by atoms with Gasteiger partial charge in [-0.2, -0.15) is 0 Å². The molecule has 0 radical (unpaired) electrons. The standard InChI is InChI=1S/C14H20FNO3S/c1-4-5-10(2)14(17)16-13-7-6-12(15)8-11(13)9-20(3,18)19/h6-8,10H,4-5,9H2,1-3H3,(H,16,17)/t10-/m0/s1. The summed E-state index contributed by atoms with van der Waals surface area (Å²) in [5.74, 6) is -1.18. The molecule has 6 heteroatoms. The van der Waals surface area contributed by atoms with Gasteiger partial charge in [0.15, 0.2) is 9.84 Å². The molecule has 0 aliphatic rings. The zero-order valence-electron chi connectivity index (χ0n) is 11.9. The van der Waals surface area contributed by atoms with Gasteiger partial charge in [0.05, 0.1) is 5.75 Å². The Labute approximate surface area is 119 Å². The van der Waals surface area contributed by atoms with Gasteiger partial charge in [0.25, 0.3) is 0 Å². The number of carbonyl (C=O) groups is 1. The van der Waals surface area contributed by atoms with Crippen molar-refractivity contribution in [2.24, 2.45) is 5.92 Å². The molecule has 1 amide bonds. The number of halogens is 1. The van der Waals surface area contributed by atoms with Gasteiger partial charge in [-0.25, -0.2) is 12.8 Å². The topological polar surface area (TPSA) is 63.2 Å². The zero-order chi connectivity index (χ0) is 15.3. The molecule has 1 aromatic rings. The Hall–Kier alpha value is -1.43. The van der Waals surface area contributed by atoms with E-state index in [9.17, 15) is 17.6 Å². The molecule has 1 rings (SSSR count). The Morgan fingerprint density at radius 3 is 2.60 bits per heavy atom. The number of carbonyl (C=O) groups excluding carboxylic acids is 1. The lowest BCUT2D eigenvalue weighted by atomic mass is 10.1. The molecule has 0 saturated carbocycles. The van der Waals surface area contributed by atoms with Crippen molar-refractivity contribution in [1.82, 2.24) is 0 Å². The Morgan fingerprint density at radius 1 is 1.40 bits per heavy atom. The number of sulfone groups is 1. The summed E-state index contributed by atoms with van der Waals surface area (Å²) in [6.45, 7) is 3.79. The van der Waals surface area contributed by atoms with Gasteiger partial charge in [-0.1, -0.05) is 20.3 Å². The van der Waals surface area contributed by atoms with Gasteiger partial charge in [0, 0.05) is 17.9 Å². The summed E-state index contributed by atoms with van der Waals surface area (Å²) in [7, 11) is -3.30. The molecule has 0 saturated heterocycles. The maximum Gasteiger partial charge on any atom is 0.227 e. The third kappa shape index (κ3) is 5.28. The van der Waals surface area contributed by atoms with Crippen LogP contribution in [0.2, 0.25) is 0 Å². The van der Waals surface area contributed by atoms with Crippen molar-refractivity contribution < 1.29 is 17.6 Å². The quantitative estimate of drug-likeness (QED) is 0.878. The van der Waals surface area contributed by atoms with Crippen LogP contribution in [0.5, 0.6) is 0 Å². The number of amides is 1. The van der Waals surface area contributed by atoms with E-state index in [1.54, 1.807) is 6.92 Å². The minimum atomic E-state index is -3.30. The van der Waals surface area contributed by atoms with Crippen LogP contribution in [0.1, 0.15) is 32.3 Å². The van der Waals surface area contributed by atoms with Gasteiger partial charge in [-0.05, 0) is 30.2 Å². The van der Waals surface area contributed by atoms with E-state index in [1.165, 1.54) is 12.1 Å². The first-order valence-electron chi connectivity index (χ1n) is 6.50. The first-order chi connectivity index (χ1) is 9.23. The first-order valence-corrected chi connectivity index (χ1v) is 8.56. The molecular formula is C14H20FNO3S. The lowest BCUT2D eigenvalue weighted by molar-refractivity contribution is -0.119. The van der Waals surface area contributed by atoms with Crippen LogP contribution in [-0.4, -0.2) is 20.6 Å². The summed E-state index contributed by atoms with van der Waals surface area (Å²) < 4.78 is 35.9. The van der Waals surface area contributed by atoms with E-state index in [0.29, 0.717) is 5.69 Å². The van der Waals surface area contributed by atoms with Crippen LogP contribution in [0.3, 0.4) is 0 Å². The molecule has 0 spiro atoms. The van der Waals surface area contributed by atoms with Gasteiger partial charge >= 0.3 is 0 Å². The summed E-state index contributed by atoms with van der Waals surface area (Å²) in [5, 5.41) is 2.67. The van der Waals surface area contributed by atoms with Gasteiger partial charge in [0.1, 0.15) is 5.82 Å². The predicted octanol–water partition coefficient (Wildman–Crippen LogP) is 2.75. The van der Waals surface area contributed by atoms with E-state index in [4.69, 9.17) is 0 Å². The number of hydrogen-bond acceptors (Lipinski definition) is 3. The van der Waals surface area contributed by atoms with Crippen LogP contribution >= 0.6 is 0 Å². The largest absolute Gasteiger partial charge is 0.326 e. The van der Waals surface area contributed by atoms with E-state index in [0.717, 1.165) is 25.2 Å². The molecule has 1 atom stereocenters. The molecular weight excluding hydrogens is 281 g/mol. The molecule has 1 N–H and O–H groups in total. The Bertz CT molecular complexity index is 584. The van der Waals surface area contributed by atoms with Crippen molar-refractivity contribution in [2.45, 2.75) is 32.4 Å².